The predicted molar refractivity (Wildman–Crippen MR) is 82.4 cm³/mol. The van der Waals surface area contributed by atoms with Gasteiger partial charge in [-0.05, 0) is 30.2 Å². The second-order valence-corrected chi connectivity index (χ2v) is 4.72. The van der Waals surface area contributed by atoms with E-state index in [4.69, 9.17) is 11.5 Å². The zero-order valence-electron chi connectivity index (χ0n) is 12.9. The van der Waals surface area contributed by atoms with Crippen LogP contribution in [0, 0.1) is 0 Å². The first-order valence-electron chi connectivity index (χ1n) is 6.57. The Labute approximate surface area is 136 Å². The summed E-state index contributed by atoms with van der Waals surface area (Å²) in [4.78, 5) is 0. The van der Waals surface area contributed by atoms with Gasteiger partial charge in [-0.15, -0.1) is 0 Å². The zero-order chi connectivity index (χ0) is 19.1. The number of allylic oxidation sites excluding steroid dienone is 8. The zero-order valence-corrected chi connectivity index (χ0v) is 12.9. The van der Waals surface area contributed by atoms with Crippen molar-refractivity contribution < 1.29 is 26.3 Å². The minimum atomic E-state index is -4.71. The van der Waals surface area contributed by atoms with E-state index < -0.39 is 24.3 Å². The maximum Gasteiger partial charge on any atom is 0.417 e. The molecule has 0 aliphatic rings. The van der Waals surface area contributed by atoms with Crippen LogP contribution in [0.2, 0.25) is 0 Å². The Bertz CT molecular complexity index is 601. The molecule has 0 aromatic carbocycles. The first kappa shape index (κ1) is 21.6. The summed E-state index contributed by atoms with van der Waals surface area (Å²) in [5.74, 6) is 0. The number of halogens is 6. The molecule has 0 atom stereocenters. The third-order valence-corrected chi connectivity index (χ3v) is 2.61. The molecule has 0 aliphatic heterocycles. The van der Waals surface area contributed by atoms with Crippen LogP contribution in [-0.4, -0.2) is 12.4 Å². The fourth-order valence-electron chi connectivity index (χ4n) is 1.60. The topological polar surface area (TPSA) is 52.0 Å². The lowest BCUT2D eigenvalue weighted by atomic mass is 9.96. The third-order valence-electron chi connectivity index (χ3n) is 2.61. The molecule has 0 fully saturated rings. The molecule has 0 aliphatic carbocycles. The Hall–Kier alpha value is -2.38. The van der Waals surface area contributed by atoms with E-state index in [1.165, 1.54) is 6.92 Å². The lowest BCUT2D eigenvalue weighted by Crippen LogP contribution is -2.16. The van der Waals surface area contributed by atoms with Gasteiger partial charge in [-0.25, -0.2) is 0 Å². The average molecular weight is 352 g/mol. The summed E-state index contributed by atoms with van der Waals surface area (Å²) in [5.41, 5.74) is 8.57. The van der Waals surface area contributed by atoms with Crippen LogP contribution in [0.3, 0.4) is 0 Å². The van der Waals surface area contributed by atoms with Crippen LogP contribution in [0.4, 0.5) is 26.3 Å². The van der Waals surface area contributed by atoms with Gasteiger partial charge >= 0.3 is 12.4 Å². The first-order chi connectivity index (χ1) is 10.8. The molecule has 0 radical (unpaired) electrons. The van der Waals surface area contributed by atoms with Gasteiger partial charge in [0.15, 0.2) is 0 Å². The number of hydrogen-bond acceptors (Lipinski definition) is 2. The van der Waals surface area contributed by atoms with E-state index in [1.807, 2.05) is 0 Å². The van der Waals surface area contributed by atoms with Gasteiger partial charge in [-0.3, -0.25) is 0 Å². The van der Waals surface area contributed by atoms with E-state index in [9.17, 15) is 26.3 Å². The Balaban J connectivity index is 5.45. The number of alkyl halides is 6. The SMILES string of the molecule is C=C(N)/C=C(\C(=C/C)C(=C)/C=C\C(N)=C/CC(F)(F)F)C(F)(F)F. The van der Waals surface area contributed by atoms with Crippen molar-refractivity contribution in [3.8, 4) is 0 Å². The quantitative estimate of drug-likeness (QED) is 0.533. The Morgan fingerprint density at radius 2 is 1.54 bits per heavy atom. The van der Waals surface area contributed by atoms with E-state index in [2.05, 4.69) is 13.2 Å². The lowest BCUT2D eigenvalue weighted by Gasteiger charge is -2.16. The fraction of sp³-hybridized carbons (Fsp3) is 0.250. The van der Waals surface area contributed by atoms with Crippen molar-refractivity contribution in [2.24, 2.45) is 11.5 Å². The predicted octanol–water partition coefficient (Wildman–Crippen LogP) is 4.80. The highest BCUT2D eigenvalue weighted by atomic mass is 19.4. The summed E-state index contributed by atoms with van der Waals surface area (Å²) in [5, 5.41) is 0. The molecule has 8 heteroatoms. The van der Waals surface area contributed by atoms with Crippen LogP contribution in [-0.2, 0) is 0 Å². The van der Waals surface area contributed by atoms with Gasteiger partial charge in [0.1, 0.15) is 0 Å². The van der Waals surface area contributed by atoms with Gasteiger partial charge in [0, 0.05) is 11.4 Å². The van der Waals surface area contributed by atoms with Crippen molar-refractivity contribution in [1.82, 2.24) is 0 Å². The molecule has 0 saturated carbocycles. The Morgan fingerprint density at radius 1 is 1.00 bits per heavy atom. The Morgan fingerprint density at radius 3 is 1.92 bits per heavy atom. The summed E-state index contributed by atoms with van der Waals surface area (Å²) >= 11 is 0. The standard InChI is InChI=1S/C16H18F6N2/c1-4-13(14(9-11(3)23)16(20,21)22)10(2)5-6-12(24)7-8-15(17,18)19/h4-7,9H,2-3,8,23-24H2,1H3/b6-5-,12-7+,13-4-,14-9+. The highest BCUT2D eigenvalue weighted by Crippen LogP contribution is 2.35. The normalized spacial score (nSPS) is 15.0. The molecule has 0 saturated heterocycles. The van der Waals surface area contributed by atoms with Crippen LogP contribution < -0.4 is 11.5 Å². The van der Waals surface area contributed by atoms with Crippen molar-refractivity contribution >= 4 is 0 Å². The number of hydrogen-bond donors (Lipinski definition) is 2. The molecule has 0 rings (SSSR count). The molecular formula is C16H18F6N2. The molecule has 0 spiro atoms. The minimum Gasteiger partial charge on any atom is -0.399 e. The summed E-state index contributed by atoms with van der Waals surface area (Å²) in [7, 11) is 0. The van der Waals surface area contributed by atoms with Crippen LogP contribution in [0.25, 0.3) is 0 Å². The second kappa shape index (κ2) is 8.47. The maximum absolute atomic E-state index is 13.1. The molecule has 24 heavy (non-hydrogen) atoms. The summed E-state index contributed by atoms with van der Waals surface area (Å²) < 4.78 is 75.4. The van der Waals surface area contributed by atoms with E-state index in [0.717, 1.165) is 18.2 Å². The van der Waals surface area contributed by atoms with Gasteiger partial charge in [0.05, 0.1) is 12.0 Å². The van der Waals surface area contributed by atoms with Crippen molar-refractivity contribution in [1.29, 1.82) is 0 Å². The molecule has 134 valence electrons. The van der Waals surface area contributed by atoms with Gasteiger partial charge in [0.25, 0.3) is 0 Å². The molecule has 0 aromatic rings. The van der Waals surface area contributed by atoms with Crippen molar-refractivity contribution in [2.45, 2.75) is 25.7 Å². The van der Waals surface area contributed by atoms with Gasteiger partial charge < -0.3 is 11.5 Å². The smallest absolute Gasteiger partial charge is 0.399 e. The number of rotatable bonds is 6. The highest BCUT2D eigenvalue weighted by Gasteiger charge is 2.36. The second-order valence-electron chi connectivity index (χ2n) is 4.72. The molecular weight excluding hydrogens is 334 g/mol. The summed E-state index contributed by atoms with van der Waals surface area (Å²) in [6, 6.07) is 0. The van der Waals surface area contributed by atoms with Gasteiger partial charge in [-0.2, -0.15) is 26.3 Å². The van der Waals surface area contributed by atoms with Crippen LogP contribution in [0.5, 0.6) is 0 Å². The van der Waals surface area contributed by atoms with E-state index in [0.29, 0.717) is 12.2 Å². The molecule has 0 bridgehead atoms. The molecule has 0 unspecified atom stereocenters. The minimum absolute atomic E-state index is 0.0920. The average Bonchev–Trinajstić information content (AvgIpc) is 2.40. The van der Waals surface area contributed by atoms with Crippen molar-refractivity contribution in [3.05, 3.63) is 71.7 Å². The molecule has 2 nitrogen and oxygen atoms in total. The van der Waals surface area contributed by atoms with Crippen molar-refractivity contribution in [2.75, 3.05) is 0 Å². The largest absolute Gasteiger partial charge is 0.417 e. The third kappa shape index (κ3) is 8.30. The van der Waals surface area contributed by atoms with Crippen LogP contribution in [0.1, 0.15) is 13.3 Å². The van der Waals surface area contributed by atoms with E-state index in [-0.39, 0.29) is 22.5 Å². The summed E-state index contributed by atoms with van der Waals surface area (Å²) in [6.07, 6.45) is -5.72. The van der Waals surface area contributed by atoms with Gasteiger partial charge in [0.2, 0.25) is 0 Å². The number of nitrogens with two attached hydrogens (primary N) is 2. The summed E-state index contributed by atoms with van der Waals surface area (Å²) in [6.45, 7) is 8.03. The van der Waals surface area contributed by atoms with Crippen LogP contribution in [0.15, 0.2) is 71.7 Å². The van der Waals surface area contributed by atoms with Crippen LogP contribution >= 0.6 is 0 Å². The monoisotopic (exact) mass is 352 g/mol. The first-order valence-corrected chi connectivity index (χ1v) is 6.57. The Kier molecular flexibility index (Phi) is 7.63. The molecule has 0 amide bonds. The van der Waals surface area contributed by atoms with E-state index in [1.54, 1.807) is 0 Å². The lowest BCUT2D eigenvalue weighted by molar-refractivity contribution is -0.125. The molecule has 4 N–H and O–H groups in total. The molecule has 0 aromatic heterocycles. The highest BCUT2D eigenvalue weighted by molar-refractivity contribution is 5.54. The van der Waals surface area contributed by atoms with Gasteiger partial charge in [-0.1, -0.05) is 31.4 Å². The molecule has 0 heterocycles. The van der Waals surface area contributed by atoms with E-state index >= 15 is 0 Å². The fourth-order valence-corrected chi connectivity index (χ4v) is 1.60. The maximum atomic E-state index is 13.1. The van der Waals surface area contributed by atoms with Crippen molar-refractivity contribution in [3.63, 3.8) is 0 Å².